The number of thiophene rings is 1. The van der Waals surface area contributed by atoms with E-state index < -0.39 is 0 Å². The predicted molar refractivity (Wildman–Crippen MR) is 66.5 cm³/mol. The molecule has 1 aromatic rings. The molecule has 1 heterocycles. The van der Waals surface area contributed by atoms with Crippen LogP contribution in [0.5, 0.6) is 0 Å². The average Bonchev–Trinajstić information content (AvgIpc) is 2.68. The van der Waals surface area contributed by atoms with E-state index in [1.165, 1.54) is 4.88 Å². The van der Waals surface area contributed by atoms with E-state index in [1.807, 2.05) is 11.3 Å². The molecule has 15 heavy (non-hydrogen) atoms. The van der Waals surface area contributed by atoms with Gasteiger partial charge in [-0.25, -0.2) is 0 Å². The normalized spacial score (nSPS) is 11.1. The number of hydrogen-bond acceptors (Lipinski definition) is 3. The van der Waals surface area contributed by atoms with Crippen LogP contribution in [0, 0.1) is 5.92 Å². The fraction of sp³-hybridized carbons (Fsp3) is 0.667. The van der Waals surface area contributed by atoms with Gasteiger partial charge in [0.25, 0.3) is 0 Å². The molecule has 0 saturated heterocycles. The molecule has 86 valence electrons. The Morgan fingerprint density at radius 3 is 2.93 bits per heavy atom. The maximum atomic E-state index is 5.47. The minimum atomic E-state index is 0.635. The SMILES string of the molecule is CC(C)COCCNCCc1cccs1. The molecule has 0 saturated carbocycles. The molecule has 0 aliphatic heterocycles. The fourth-order valence-corrected chi connectivity index (χ4v) is 1.96. The standard InChI is InChI=1S/C12H21NOS/c1-11(2)10-14-8-7-13-6-5-12-4-3-9-15-12/h3-4,9,11,13H,5-8,10H2,1-2H3. The molecule has 0 radical (unpaired) electrons. The Kier molecular flexibility index (Phi) is 6.64. The fourth-order valence-electron chi connectivity index (χ4n) is 1.25. The highest BCUT2D eigenvalue weighted by Crippen LogP contribution is 2.07. The van der Waals surface area contributed by atoms with E-state index in [0.717, 1.165) is 32.7 Å². The van der Waals surface area contributed by atoms with Crippen molar-refractivity contribution in [1.82, 2.24) is 5.32 Å². The third kappa shape index (κ3) is 6.66. The monoisotopic (exact) mass is 227 g/mol. The van der Waals surface area contributed by atoms with Gasteiger partial charge in [-0.2, -0.15) is 0 Å². The van der Waals surface area contributed by atoms with E-state index in [0.29, 0.717) is 5.92 Å². The lowest BCUT2D eigenvalue weighted by Gasteiger charge is -2.07. The van der Waals surface area contributed by atoms with E-state index in [2.05, 4.69) is 36.7 Å². The first-order valence-corrected chi connectivity index (χ1v) is 6.48. The van der Waals surface area contributed by atoms with Crippen LogP contribution in [0.3, 0.4) is 0 Å². The molecule has 1 N–H and O–H groups in total. The van der Waals surface area contributed by atoms with Gasteiger partial charge in [0.05, 0.1) is 6.61 Å². The van der Waals surface area contributed by atoms with Crippen molar-refractivity contribution in [2.24, 2.45) is 5.92 Å². The largest absolute Gasteiger partial charge is 0.380 e. The lowest BCUT2D eigenvalue weighted by molar-refractivity contribution is 0.112. The maximum Gasteiger partial charge on any atom is 0.0591 e. The van der Waals surface area contributed by atoms with Crippen LogP contribution in [0.15, 0.2) is 17.5 Å². The molecule has 2 nitrogen and oxygen atoms in total. The first-order valence-electron chi connectivity index (χ1n) is 5.60. The van der Waals surface area contributed by atoms with Crippen LogP contribution in [-0.2, 0) is 11.2 Å². The summed E-state index contributed by atoms with van der Waals surface area (Å²) in [5.41, 5.74) is 0. The van der Waals surface area contributed by atoms with E-state index in [1.54, 1.807) is 0 Å². The van der Waals surface area contributed by atoms with Crippen LogP contribution in [-0.4, -0.2) is 26.3 Å². The second-order valence-electron chi connectivity index (χ2n) is 4.05. The number of hydrogen-bond donors (Lipinski definition) is 1. The second kappa shape index (κ2) is 7.85. The molecule has 0 unspecified atom stereocenters. The first kappa shape index (κ1) is 12.7. The molecule has 0 fully saturated rings. The Morgan fingerprint density at radius 1 is 1.40 bits per heavy atom. The molecular formula is C12H21NOS. The van der Waals surface area contributed by atoms with Gasteiger partial charge < -0.3 is 10.1 Å². The maximum absolute atomic E-state index is 5.47. The summed E-state index contributed by atoms with van der Waals surface area (Å²) < 4.78 is 5.47. The highest BCUT2D eigenvalue weighted by molar-refractivity contribution is 7.09. The van der Waals surface area contributed by atoms with Gasteiger partial charge in [0.15, 0.2) is 0 Å². The van der Waals surface area contributed by atoms with E-state index in [4.69, 9.17) is 4.74 Å². The zero-order valence-electron chi connectivity index (χ0n) is 9.66. The van der Waals surface area contributed by atoms with Crippen LogP contribution >= 0.6 is 11.3 Å². The molecule has 0 bridgehead atoms. The van der Waals surface area contributed by atoms with Crippen molar-refractivity contribution in [3.63, 3.8) is 0 Å². The van der Waals surface area contributed by atoms with Crippen molar-refractivity contribution in [1.29, 1.82) is 0 Å². The summed E-state index contributed by atoms with van der Waals surface area (Å²) in [5.74, 6) is 0.635. The van der Waals surface area contributed by atoms with E-state index >= 15 is 0 Å². The highest BCUT2D eigenvalue weighted by atomic mass is 32.1. The van der Waals surface area contributed by atoms with Crippen LogP contribution in [0.25, 0.3) is 0 Å². The topological polar surface area (TPSA) is 21.3 Å². The quantitative estimate of drug-likeness (QED) is 0.689. The van der Waals surface area contributed by atoms with Crippen molar-refractivity contribution in [2.75, 3.05) is 26.3 Å². The Balaban J connectivity index is 1.85. The van der Waals surface area contributed by atoms with Crippen molar-refractivity contribution in [3.05, 3.63) is 22.4 Å². The highest BCUT2D eigenvalue weighted by Gasteiger charge is 1.94. The number of rotatable bonds is 8. The predicted octanol–water partition coefficient (Wildman–Crippen LogP) is 2.55. The van der Waals surface area contributed by atoms with Crippen LogP contribution in [0.4, 0.5) is 0 Å². The zero-order valence-corrected chi connectivity index (χ0v) is 10.5. The van der Waals surface area contributed by atoms with Crippen LogP contribution < -0.4 is 5.32 Å². The summed E-state index contributed by atoms with van der Waals surface area (Å²) in [5, 5.41) is 5.51. The van der Waals surface area contributed by atoms with Gasteiger partial charge >= 0.3 is 0 Å². The van der Waals surface area contributed by atoms with E-state index in [-0.39, 0.29) is 0 Å². The first-order chi connectivity index (χ1) is 7.29. The second-order valence-corrected chi connectivity index (χ2v) is 5.08. The molecule has 0 atom stereocenters. The molecule has 1 aromatic heterocycles. The molecule has 0 aromatic carbocycles. The van der Waals surface area contributed by atoms with Crippen LogP contribution in [0.2, 0.25) is 0 Å². The van der Waals surface area contributed by atoms with Gasteiger partial charge in [-0.05, 0) is 23.8 Å². The Morgan fingerprint density at radius 2 is 2.27 bits per heavy atom. The van der Waals surface area contributed by atoms with Gasteiger partial charge in [0.1, 0.15) is 0 Å². The average molecular weight is 227 g/mol. The molecular weight excluding hydrogens is 206 g/mol. The van der Waals surface area contributed by atoms with Crippen molar-refractivity contribution in [2.45, 2.75) is 20.3 Å². The van der Waals surface area contributed by atoms with Gasteiger partial charge in [-0.15, -0.1) is 11.3 Å². The van der Waals surface area contributed by atoms with Gasteiger partial charge in [0, 0.05) is 24.6 Å². The molecule has 1 rings (SSSR count). The summed E-state index contributed by atoms with van der Waals surface area (Å²) in [4.78, 5) is 1.45. The van der Waals surface area contributed by atoms with Gasteiger partial charge in [-0.3, -0.25) is 0 Å². The summed E-state index contributed by atoms with van der Waals surface area (Å²) in [6, 6.07) is 4.29. The summed E-state index contributed by atoms with van der Waals surface area (Å²) >= 11 is 1.82. The zero-order chi connectivity index (χ0) is 10.9. The van der Waals surface area contributed by atoms with Crippen molar-refractivity contribution >= 4 is 11.3 Å². The van der Waals surface area contributed by atoms with Crippen molar-refractivity contribution < 1.29 is 4.74 Å². The van der Waals surface area contributed by atoms with Gasteiger partial charge in [0.2, 0.25) is 0 Å². The molecule has 3 heteroatoms. The minimum Gasteiger partial charge on any atom is -0.380 e. The Bertz CT molecular complexity index is 234. The lowest BCUT2D eigenvalue weighted by Crippen LogP contribution is -2.22. The van der Waals surface area contributed by atoms with E-state index in [9.17, 15) is 0 Å². The number of ether oxygens (including phenoxy) is 1. The summed E-state index contributed by atoms with van der Waals surface area (Å²) in [7, 11) is 0. The lowest BCUT2D eigenvalue weighted by atomic mass is 10.2. The number of nitrogens with one attached hydrogen (secondary N) is 1. The third-order valence-corrected chi connectivity index (χ3v) is 2.94. The smallest absolute Gasteiger partial charge is 0.0591 e. The van der Waals surface area contributed by atoms with Gasteiger partial charge in [-0.1, -0.05) is 19.9 Å². The summed E-state index contributed by atoms with van der Waals surface area (Å²) in [6.45, 7) is 8.04. The van der Waals surface area contributed by atoms with Crippen LogP contribution in [0.1, 0.15) is 18.7 Å². The molecule has 0 aliphatic carbocycles. The molecule has 0 spiro atoms. The molecule has 0 amide bonds. The minimum absolute atomic E-state index is 0.635. The molecule has 0 aliphatic rings. The third-order valence-electron chi connectivity index (χ3n) is 2.00. The Labute approximate surface area is 96.7 Å². The van der Waals surface area contributed by atoms with Crippen molar-refractivity contribution in [3.8, 4) is 0 Å². The Hall–Kier alpha value is -0.380. The summed E-state index contributed by atoms with van der Waals surface area (Å²) in [6.07, 6.45) is 1.13.